The minimum atomic E-state index is -0.0137. The Morgan fingerprint density at radius 1 is 1.37 bits per heavy atom. The van der Waals surface area contributed by atoms with E-state index in [1.807, 2.05) is 0 Å². The molecule has 1 heterocycles. The zero-order valence-electron chi connectivity index (χ0n) is 12.2. The van der Waals surface area contributed by atoms with E-state index >= 15 is 0 Å². The Hall–Kier alpha value is -0.650. The number of nitrogens with one attached hydrogen (secondary N) is 1. The third kappa shape index (κ3) is 3.91. The summed E-state index contributed by atoms with van der Waals surface area (Å²) >= 11 is 0. The van der Waals surface area contributed by atoms with Gasteiger partial charge in [-0.2, -0.15) is 0 Å². The summed E-state index contributed by atoms with van der Waals surface area (Å²) in [5.41, 5.74) is 5.85. The van der Waals surface area contributed by atoms with Gasteiger partial charge in [0.15, 0.2) is 0 Å². The summed E-state index contributed by atoms with van der Waals surface area (Å²) in [7, 11) is 0. The Labute approximate surface area is 115 Å². The first-order valence-corrected chi connectivity index (χ1v) is 7.35. The molecule has 5 heteroatoms. The standard InChI is InChI=1S/C14H27N3O2/c1-14(2,17-5-7-19-8-6-17)10-16-13(18)11-3-4-12(15)9-11/h11-12H,3-10,15H2,1-2H3,(H,16,18). The van der Waals surface area contributed by atoms with Crippen LogP contribution in [0.4, 0.5) is 0 Å². The van der Waals surface area contributed by atoms with E-state index in [4.69, 9.17) is 10.5 Å². The number of hydrogen-bond acceptors (Lipinski definition) is 4. The highest BCUT2D eigenvalue weighted by molar-refractivity contribution is 5.79. The molecule has 0 aromatic heterocycles. The first kappa shape index (κ1) is 14.8. The molecule has 0 spiro atoms. The lowest BCUT2D eigenvalue weighted by Crippen LogP contribution is -2.55. The second-order valence-electron chi connectivity index (χ2n) is 6.40. The maximum atomic E-state index is 12.1. The third-order valence-corrected chi connectivity index (χ3v) is 4.41. The van der Waals surface area contributed by atoms with Crippen LogP contribution in [-0.2, 0) is 9.53 Å². The van der Waals surface area contributed by atoms with Gasteiger partial charge in [-0.1, -0.05) is 0 Å². The normalized spacial score (nSPS) is 29.4. The Kier molecular flexibility index (Phi) is 4.81. The molecule has 19 heavy (non-hydrogen) atoms. The van der Waals surface area contributed by atoms with Gasteiger partial charge < -0.3 is 15.8 Å². The van der Waals surface area contributed by atoms with Crippen molar-refractivity contribution in [1.29, 1.82) is 0 Å². The average molecular weight is 269 g/mol. The molecule has 1 aliphatic carbocycles. The quantitative estimate of drug-likeness (QED) is 0.772. The molecule has 2 atom stereocenters. The summed E-state index contributed by atoms with van der Waals surface area (Å²) in [6.45, 7) is 8.51. The summed E-state index contributed by atoms with van der Waals surface area (Å²) in [5, 5.41) is 3.11. The molecule has 2 aliphatic rings. The van der Waals surface area contributed by atoms with Crippen LogP contribution in [0.3, 0.4) is 0 Å². The molecule has 2 unspecified atom stereocenters. The van der Waals surface area contributed by atoms with Crippen molar-refractivity contribution in [3.8, 4) is 0 Å². The van der Waals surface area contributed by atoms with Crippen LogP contribution in [0.5, 0.6) is 0 Å². The van der Waals surface area contributed by atoms with E-state index in [-0.39, 0.29) is 23.4 Å². The molecule has 0 aromatic rings. The van der Waals surface area contributed by atoms with Crippen LogP contribution >= 0.6 is 0 Å². The number of nitrogens with zero attached hydrogens (tertiary/aromatic N) is 1. The first-order valence-electron chi connectivity index (χ1n) is 7.35. The molecule has 1 saturated carbocycles. The maximum absolute atomic E-state index is 12.1. The van der Waals surface area contributed by atoms with E-state index in [2.05, 4.69) is 24.1 Å². The second-order valence-corrected chi connectivity index (χ2v) is 6.40. The molecule has 1 saturated heterocycles. The molecule has 0 bridgehead atoms. The van der Waals surface area contributed by atoms with Gasteiger partial charge in [-0.25, -0.2) is 0 Å². The predicted octanol–water partition coefficient (Wildman–Crippen LogP) is 0.341. The van der Waals surface area contributed by atoms with Crippen molar-refractivity contribution < 1.29 is 9.53 Å². The average Bonchev–Trinajstić information content (AvgIpc) is 2.84. The number of carbonyl (C=O) groups excluding carboxylic acids is 1. The second kappa shape index (κ2) is 6.20. The van der Waals surface area contributed by atoms with Crippen LogP contribution < -0.4 is 11.1 Å². The fourth-order valence-electron chi connectivity index (χ4n) is 2.98. The van der Waals surface area contributed by atoms with Crippen LogP contribution in [0.1, 0.15) is 33.1 Å². The van der Waals surface area contributed by atoms with E-state index in [9.17, 15) is 4.79 Å². The number of rotatable bonds is 4. The van der Waals surface area contributed by atoms with E-state index in [0.717, 1.165) is 45.6 Å². The molecule has 5 nitrogen and oxygen atoms in total. The van der Waals surface area contributed by atoms with Crippen LogP contribution in [0.25, 0.3) is 0 Å². The number of nitrogens with two attached hydrogens (primary N) is 1. The number of amides is 1. The van der Waals surface area contributed by atoms with Crippen LogP contribution in [-0.4, -0.2) is 55.2 Å². The smallest absolute Gasteiger partial charge is 0.223 e. The van der Waals surface area contributed by atoms with Crippen LogP contribution in [0.15, 0.2) is 0 Å². The van der Waals surface area contributed by atoms with Crippen molar-refractivity contribution in [3.63, 3.8) is 0 Å². The Bertz CT molecular complexity index is 314. The summed E-state index contributed by atoms with van der Waals surface area (Å²) in [6.07, 6.45) is 2.75. The molecule has 1 amide bonds. The van der Waals surface area contributed by atoms with E-state index in [1.165, 1.54) is 0 Å². The Morgan fingerprint density at radius 2 is 2.05 bits per heavy atom. The SMILES string of the molecule is CC(C)(CNC(=O)C1CCC(N)C1)N1CCOCC1. The fraction of sp³-hybridized carbons (Fsp3) is 0.929. The van der Waals surface area contributed by atoms with Crippen molar-refractivity contribution >= 4 is 5.91 Å². The molecule has 2 fully saturated rings. The first-order chi connectivity index (χ1) is 8.99. The highest BCUT2D eigenvalue weighted by Gasteiger charge is 2.31. The zero-order valence-corrected chi connectivity index (χ0v) is 12.2. The molecule has 0 aromatic carbocycles. The lowest BCUT2D eigenvalue weighted by molar-refractivity contribution is -0.125. The number of carbonyl (C=O) groups is 1. The lowest BCUT2D eigenvalue weighted by Gasteiger charge is -2.41. The maximum Gasteiger partial charge on any atom is 0.223 e. The van der Waals surface area contributed by atoms with Gasteiger partial charge in [-0.3, -0.25) is 9.69 Å². The van der Waals surface area contributed by atoms with Gasteiger partial charge in [-0.15, -0.1) is 0 Å². The minimum Gasteiger partial charge on any atom is -0.379 e. The van der Waals surface area contributed by atoms with Gasteiger partial charge in [0.1, 0.15) is 0 Å². The van der Waals surface area contributed by atoms with Crippen molar-refractivity contribution in [2.75, 3.05) is 32.8 Å². The van der Waals surface area contributed by atoms with Gasteiger partial charge in [0.05, 0.1) is 13.2 Å². The van der Waals surface area contributed by atoms with Crippen LogP contribution in [0.2, 0.25) is 0 Å². The van der Waals surface area contributed by atoms with Crippen molar-refractivity contribution in [2.45, 2.75) is 44.7 Å². The highest BCUT2D eigenvalue weighted by Crippen LogP contribution is 2.24. The topological polar surface area (TPSA) is 67.6 Å². The third-order valence-electron chi connectivity index (χ3n) is 4.41. The molecule has 110 valence electrons. The number of ether oxygens (including phenoxy) is 1. The Morgan fingerprint density at radius 3 is 2.63 bits per heavy atom. The number of hydrogen-bond donors (Lipinski definition) is 2. The van der Waals surface area contributed by atoms with Crippen molar-refractivity contribution in [3.05, 3.63) is 0 Å². The summed E-state index contributed by atoms with van der Waals surface area (Å²) in [5.74, 6) is 0.296. The zero-order chi connectivity index (χ0) is 13.9. The summed E-state index contributed by atoms with van der Waals surface area (Å²) in [4.78, 5) is 14.5. The fourth-order valence-corrected chi connectivity index (χ4v) is 2.98. The van der Waals surface area contributed by atoms with Gasteiger partial charge in [0, 0.05) is 37.1 Å². The summed E-state index contributed by atoms with van der Waals surface area (Å²) in [6, 6.07) is 0.211. The highest BCUT2D eigenvalue weighted by atomic mass is 16.5. The lowest BCUT2D eigenvalue weighted by atomic mass is 10.0. The predicted molar refractivity (Wildman–Crippen MR) is 74.8 cm³/mol. The minimum absolute atomic E-state index is 0.0137. The van der Waals surface area contributed by atoms with Crippen molar-refractivity contribution in [1.82, 2.24) is 10.2 Å². The largest absolute Gasteiger partial charge is 0.379 e. The van der Waals surface area contributed by atoms with Gasteiger partial charge in [0.2, 0.25) is 5.91 Å². The van der Waals surface area contributed by atoms with E-state index < -0.39 is 0 Å². The molecular weight excluding hydrogens is 242 g/mol. The molecular formula is C14H27N3O2. The van der Waals surface area contributed by atoms with Crippen LogP contribution in [0, 0.1) is 5.92 Å². The molecule has 0 radical (unpaired) electrons. The van der Waals surface area contributed by atoms with Gasteiger partial charge >= 0.3 is 0 Å². The molecule has 2 rings (SSSR count). The van der Waals surface area contributed by atoms with Gasteiger partial charge in [-0.05, 0) is 33.1 Å². The Balaban J connectivity index is 1.78. The molecule has 1 aliphatic heterocycles. The number of morpholine rings is 1. The molecule has 3 N–H and O–H groups in total. The van der Waals surface area contributed by atoms with E-state index in [1.54, 1.807) is 0 Å². The van der Waals surface area contributed by atoms with Gasteiger partial charge in [0.25, 0.3) is 0 Å². The van der Waals surface area contributed by atoms with E-state index in [0.29, 0.717) is 6.54 Å². The summed E-state index contributed by atoms with van der Waals surface area (Å²) < 4.78 is 5.37. The van der Waals surface area contributed by atoms with Crippen molar-refractivity contribution in [2.24, 2.45) is 11.7 Å². The monoisotopic (exact) mass is 269 g/mol.